The molecule has 1 aliphatic rings. The Hall–Kier alpha value is -0.803. The summed E-state index contributed by atoms with van der Waals surface area (Å²) in [5, 5.41) is 2.90. The summed E-state index contributed by atoms with van der Waals surface area (Å²) in [6.07, 6.45) is -0.0380. The first-order valence-corrected chi connectivity index (χ1v) is 10.4. The molecular formula is C17H18Cl2OSi. The highest BCUT2D eigenvalue weighted by Gasteiger charge is 2.45. The lowest BCUT2D eigenvalue weighted by Gasteiger charge is -2.25. The molecule has 1 heterocycles. The molecule has 1 atom stereocenters. The van der Waals surface area contributed by atoms with E-state index < -0.39 is 8.32 Å². The molecule has 0 aliphatic carbocycles. The first kappa shape index (κ1) is 15.1. The Balaban J connectivity index is 2.15. The summed E-state index contributed by atoms with van der Waals surface area (Å²) in [6.45, 7) is 4.46. The van der Waals surface area contributed by atoms with Crippen molar-refractivity contribution in [2.45, 2.75) is 32.0 Å². The summed E-state index contributed by atoms with van der Waals surface area (Å²) < 4.78 is 6.64. The third-order valence-electron chi connectivity index (χ3n) is 4.42. The van der Waals surface area contributed by atoms with Crippen LogP contribution < -0.4 is 5.19 Å². The Bertz CT molecular complexity index is 668. The van der Waals surface area contributed by atoms with E-state index in [2.05, 4.69) is 32.0 Å². The predicted octanol–water partition coefficient (Wildman–Crippen LogP) is 5.31. The van der Waals surface area contributed by atoms with Crippen LogP contribution in [0.15, 0.2) is 42.5 Å². The van der Waals surface area contributed by atoms with E-state index in [4.69, 9.17) is 27.6 Å². The number of fused-ring (bicyclic) bond motifs is 1. The molecule has 3 rings (SSSR count). The number of halogens is 2. The average molecular weight is 337 g/mol. The molecule has 0 bridgehead atoms. The summed E-state index contributed by atoms with van der Waals surface area (Å²) in [6, 6.07) is 16.3. The SMILES string of the molecule is CC[Si]1(CC)OC(c2cccc(Cl)c2)c2cc(Cl)ccc21. The van der Waals surface area contributed by atoms with Crippen molar-refractivity contribution < 1.29 is 4.43 Å². The molecule has 0 aromatic heterocycles. The van der Waals surface area contributed by atoms with Crippen molar-refractivity contribution >= 4 is 36.7 Å². The third-order valence-corrected chi connectivity index (χ3v) is 9.30. The highest BCUT2D eigenvalue weighted by Crippen LogP contribution is 2.40. The Labute approximate surface area is 137 Å². The smallest absolute Gasteiger partial charge is 0.225 e. The van der Waals surface area contributed by atoms with Crippen LogP contribution >= 0.6 is 23.2 Å². The molecule has 21 heavy (non-hydrogen) atoms. The molecule has 0 N–H and O–H groups in total. The molecular weight excluding hydrogens is 319 g/mol. The molecule has 0 radical (unpaired) electrons. The van der Waals surface area contributed by atoms with Gasteiger partial charge in [-0.1, -0.05) is 55.2 Å². The summed E-state index contributed by atoms with van der Waals surface area (Å²) in [4.78, 5) is 0. The second kappa shape index (κ2) is 5.77. The molecule has 1 unspecified atom stereocenters. The minimum Gasteiger partial charge on any atom is -0.401 e. The zero-order chi connectivity index (χ0) is 15.0. The van der Waals surface area contributed by atoms with Gasteiger partial charge in [-0.2, -0.15) is 0 Å². The van der Waals surface area contributed by atoms with E-state index in [1.807, 2.05) is 24.3 Å². The Morgan fingerprint density at radius 2 is 1.71 bits per heavy atom. The third kappa shape index (κ3) is 2.55. The highest BCUT2D eigenvalue weighted by molar-refractivity contribution is 6.87. The maximum atomic E-state index is 6.64. The maximum absolute atomic E-state index is 6.64. The monoisotopic (exact) mass is 336 g/mol. The van der Waals surface area contributed by atoms with Gasteiger partial charge >= 0.3 is 0 Å². The minimum atomic E-state index is -1.89. The highest BCUT2D eigenvalue weighted by atomic mass is 35.5. The Morgan fingerprint density at radius 1 is 1.00 bits per heavy atom. The van der Waals surface area contributed by atoms with Gasteiger partial charge in [0.15, 0.2) is 0 Å². The topological polar surface area (TPSA) is 9.23 Å². The van der Waals surface area contributed by atoms with Gasteiger partial charge in [0.05, 0.1) is 6.10 Å². The Morgan fingerprint density at radius 3 is 2.38 bits per heavy atom. The van der Waals surface area contributed by atoms with Crippen molar-refractivity contribution in [2.75, 3.05) is 0 Å². The second-order valence-electron chi connectivity index (χ2n) is 5.49. The molecule has 4 heteroatoms. The van der Waals surface area contributed by atoms with E-state index in [1.54, 1.807) is 0 Å². The number of hydrogen-bond acceptors (Lipinski definition) is 1. The molecule has 0 saturated carbocycles. The van der Waals surface area contributed by atoms with Crippen molar-refractivity contribution in [3.05, 3.63) is 63.6 Å². The van der Waals surface area contributed by atoms with E-state index in [0.29, 0.717) is 0 Å². The van der Waals surface area contributed by atoms with Gasteiger partial charge in [0, 0.05) is 10.0 Å². The fourth-order valence-electron chi connectivity index (χ4n) is 3.23. The quantitative estimate of drug-likeness (QED) is 0.690. The van der Waals surface area contributed by atoms with Gasteiger partial charge in [0.1, 0.15) is 0 Å². The predicted molar refractivity (Wildman–Crippen MR) is 92.2 cm³/mol. The molecule has 110 valence electrons. The molecule has 0 saturated heterocycles. The van der Waals surface area contributed by atoms with Crippen LogP contribution in [0.1, 0.15) is 31.1 Å². The zero-order valence-electron chi connectivity index (χ0n) is 12.2. The largest absolute Gasteiger partial charge is 0.401 e. The van der Waals surface area contributed by atoms with Gasteiger partial charge in [0.25, 0.3) is 0 Å². The van der Waals surface area contributed by atoms with E-state index in [-0.39, 0.29) is 6.10 Å². The molecule has 0 amide bonds. The van der Waals surface area contributed by atoms with Crippen molar-refractivity contribution in [3.8, 4) is 0 Å². The molecule has 1 aliphatic heterocycles. The summed E-state index contributed by atoms with van der Waals surface area (Å²) in [7, 11) is -1.89. The fraction of sp³-hybridized carbons (Fsp3) is 0.294. The van der Waals surface area contributed by atoms with Crippen molar-refractivity contribution in [3.63, 3.8) is 0 Å². The van der Waals surface area contributed by atoms with Crippen LogP contribution in [0, 0.1) is 0 Å². The first-order valence-electron chi connectivity index (χ1n) is 7.33. The lowest BCUT2D eigenvalue weighted by Crippen LogP contribution is -2.45. The van der Waals surface area contributed by atoms with Crippen LogP contribution in [0.5, 0.6) is 0 Å². The Kier molecular flexibility index (Phi) is 4.15. The standard InChI is InChI=1S/C17H18Cl2OSi/c1-3-21(4-2)16-9-8-14(19)11-15(16)17(20-21)12-6-5-7-13(18)10-12/h5-11,17H,3-4H2,1-2H3. The van der Waals surface area contributed by atoms with Crippen LogP contribution in [0.2, 0.25) is 22.1 Å². The van der Waals surface area contributed by atoms with Crippen molar-refractivity contribution in [2.24, 2.45) is 0 Å². The van der Waals surface area contributed by atoms with Crippen LogP contribution in [0.25, 0.3) is 0 Å². The van der Waals surface area contributed by atoms with Gasteiger partial charge in [0.2, 0.25) is 8.32 Å². The number of hydrogen-bond donors (Lipinski definition) is 0. The van der Waals surface area contributed by atoms with Gasteiger partial charge in [-0.05, 0) is 52.7 Å². The lowest BCUT2D eigenvalue weighted by atomic mass is 10.0. The van der Waals surface area contributed by atoms with Crippen LogP contribution in [0.4, 0.5) is 0 Å². The minimum absolute atomic E-state index is 0.0380. The van der Waals surface area contributed by atoms with E-state index in [1.165, 1.54) is 10.8 Å². The van der Waals surface area contributed by atoms with Crippen molar-refractivity contribution in [1.82, 2.24) is 0 Å². The van der Waals surface area contributed by atoms with Crippen LogP contribution in [-0.4, -0.2) is 8.32 Å². The molecule has 2 aromatic carbocycles. The van der Waals surface area contributed by atoms with Crippen LogP contribution in [0.3, 0.4) is 0 Å². The zero-order valence-corrected chi connectivity index (χ0v) is 14.7. The molecule has 0 spiro atoms. The van der Waals surface area contributed by atoms with Gasteiger partial charge in [-0.3, -0.25) is 0 Å². The van der Waals surface area contributed by atoms with E-state index in [9.17, 15) is 0 Å². The van der Waals surface area contributed by atoms with Crippen molar-refractivity contribution in [1.29, 1.82) is 0 Å². The normalized spacial score (nSPS) is 19.5. The summed E-state index contributed by atoms with van der Waals surface area (Å²) in [5.41, 5.74) is 2.34. The summed E-state index contributed by atoms with van der Waals surface area (Å²) >= 11 is 12.4. The van der Waals surface area contributed by atoms with Gasteiger partial charge < -0.3 is 4.43 Å². The fourth-order valence-corrected chi connectivity index (χ4v) is 7.16. The summed E-state index contributed by atoms with van der Waals surface area (Å²) in [5.74, 6) is 0. The van der Waals surface area contributed by atoms with Crippen LogP contribution in [-0.2, 0) is 4.43 Å². The first-order chi connectivity index (χ1) is 10.1. The van der Waals surface area contributed by atoms with E-state index in [0.717, 1.165) is 27.7 Å². The van der Waals surface area contributed by atoms with Gasteiger partial charge in [-0.15, -0.1) is 0 Å². The molecule has 2 aromatic rings. The maximum Gasteiger partial charge on any atom is 0.225 e. The number of rotatable bonds is 3. The lowest BCUT2D eigenvalue weighted by molar-refractivity contribution is 0.253. The molecule has 0 fully saturated rings. The second-order valence-corrected chi connectivity index (χ2v) is 10.5. The average Bonchev–Trinajstić information content (AvgIpc) is 2.81. The molecule has 1 nitrogen and oxygen atoms in total. The number of benzene rings is 2. The van der Waals surface area contributed by atoms with Gasteiger partial charge in [-0.25, -0.2) is 0 Å². The van der Waals surface area contributed by atoms with E-state index >= 15 is 0 Å².